The smallest absolute Gasteiger partial charge is 0.337 e. The number of hydrogen-bond acceptors (Lipinski definition) is 5. The predicted octanol–water partition coefficient (Wildman–Crippen LogP) is 5.23. The molecule has 0 aliphatic carbocycles. The summed E-state index contributed by atoms with van der Waals surface area (Å²) in [5.41, 5.74) is 1.20. The van der Waals surface area contributed by atoms with Gasteiger partial charge in [0.05, 0.1) is 29.7 Å². The number of fused-ring (bicyclic) bond motifs is 2. The minimum atomic E-state index is -0.836. The van der Waals surface area contributed by atoms with Crippen molar-refractivity contribution in [2.24, 2.45) is 0 Å². The molecule has 1 atom stereocenters. The Morgan fingerprint density at radius 2 is 1.82 bits per heavy atom. The standard InChI is InChI=1S/C25H15BrFNO5/c1-32-25(31)14-7-5-13(6-8-14)21-20-22(29)18-12-16(27)9-10-19(18)33-23(20)24(30)28(21)17-4-2-3-15(26)11-17/h2-12,21H,1H3. The molecule has 0 fully saturated rings. The zero-order valence-electron chi connectivity index (χ0n) is 17.2. The third-order valence-corrected chi connectivity index (χ3v) is 6.06. The number of benzene rings is 3. The van der Waals surface area contributed by atoms with Crippen LogP contribution in [0, 0.1) is 5.82 Å². The number of ether oxygens (including phenoxy) is 1. The molecule has 4 aromatic rings. The van der Waals surface area contributed by atoms with Crippen molar-refractivity contribution in [2.45, 2.75) is 6.04 Å². The van der Waals surface area contributed by atoms with Gasteiger partial charge in [-0.1, -0.05) is 34.1 Å². The van der Waals surface area contributed by atoms with Crippen molar-refractivity contribution in [3.8, 4) is 0 Å². The van der Waals surface area contributed by atoms with Crippen molar-refractivity contribution in [1.82, 2.24) is 0 Å². The van der Waals surface area contributed by atoms with Crippen molar-refractivity contribution in [3.05, 3.63) is 110 Å². The number of amides is 1. The van der Waals surface area contributed by atoms with Crippen LogP contribution in [0.5, 0.6) is 0 Å². The van der Waals surface area contributed by atoms with Gasteiger partial charge >= 0.3 is 5.97 Å². The van der Waals surface area contributed by atoms with Gasteiger partial charge in [0.15, 0.2) is 5.43 Å². The van der Waals surface area contributed by atoms with Crippen LogP contribution in [0.3, 0.4) is 0 Å². The third kappa shape index (κ3) is 3.43. The number of hydrogen-bond donors (Lipinski definition) is 0. The molecule has 3 aromatic carbocycles. The Hall–Kier alpha value is -3.78. The number of nitrogens with zero attached hydrogens (tertiary/aromatic N) is 1. The van der Waals surface area contributed by atoms with E-state index in [-0.39, 0.29) is 22.3 Å². The minimum absolute atomic E-state index is 0.0498. The highest BCUT2D eigenvalue weighted by Crippen LogP contribution is 2.41. The normalized spacial score (nSPS) is 15.1. The molecular formula is C25H15BrFNO5. The van der Waals surface area contributed by atoms with Crippen molar-refractivity contribution in [1.29, 1.82) is 0 Å². The topological polar surface area (TPSA) is 76.8 Å². The first-order valence-corrected chi connectivity index (χ1v) is 10.7. The van der Waals surface area contributed by atoms with Crippen molar-refractivity contribution in [3.63, 3.8) is 0 Å². The molecule has 0 radical (unpaired) electrons. The lowest BCUT2D eigenvalue weighted by Crippen LogP contribution is -2.29. The van der Waals surface area contributed by atoms with Gasteiger partial charge in [0.1, 0.15) is 11.4 Å². The lowest BCUT2D eigenvalue weighted by Gasteiger charge is -2.25. The highest BCUT2D eigenvalue weighted by molar-refractivity contribution is 9.10. The average molecular weight is 508 g/mol. The fourth-order valence-electron chi connectivity index (χ4n) is 4.07. The van der Waals surface area contributed by atoms with Crippen molar-refractivity contribution < 1.29 is 23.1 Å². The highest BCUT2D eigenvalue weighted by atomic mass is 79.9. The second kappa shape index (κ2) is 7.97. The number of carbonyl (C=O) groups is 2. The molecule has 0 spiro atoms. The first-order valence-electron chi connectivity index (χ1n) is 9.92. The van der Waals surface area contributed by atoms with E-state index in [4.69, 9.17) is 9.15 Å². The second-order valence-electron chi connectivity index (χ2n) is 7.49. The molecule has 0 bridgehead atoms. The number of anilines is 1. The molecule has 0 saturated heterocycles. The van der Waals surface area contributed by atoms with Crippen LogP contribution in [0.25, 0.3) is 11.0 Å². The summed E-state index contributed by atoms with van der Waals surface area (Å²) in [6.07, 6.45) is 0. The third-order valence-electron chi connectivity index (χ3n) is 5.57. The summed E-state index contributed by atoms with van der Waals surface area (Å²) in [5, 5.41) is 0.0498. The summed E-state index contributed by atoms with van der Waals surface area (Å²) in [6, 6.07) is 16.3. The van der Waals surface area contributed by atoms with E-state index in [2.05, 4.69) is 15.9 Å². The van der Waals surface area contributed by atoms with Crippen LogP contribution >= 0.6 is 15.9 Å². The number of carbonyl (C=O) groups excluding carboxylic acids is 2. The molecule has 0 N–H and O–H groups in total. The molecule has 164 valence electrons. The largest absolute Gasteiger partial charge is 0.465 e. The molecule has 8 heteroatoms. The van der Waals surface area contributed by atoms with Gasteiger partial charge in [0, 0.05) is 10.2 Å². The van der Waals surface area contributed by atoms with Gasteiger partial charge in [-0.25, -0.2) is 9.18 Å². The van der Waals surface area contributed by atoms with Gasteiger partial charge in [-0.05, 0) is 54.1 Å². The van der Waals surface area contributed by atoms with E-state index in [1.807, 2.05) is 6.07 Å². The number of esters is 1. The van der Waals surface area contributed by atoms with Gasteiger partial charge in [-0.2, -0.15) is 0 Å². The minimum Gasteiger partial charge on any atom is -0.465 e. The van der Waals surface area contributed by atoms with Crippen LogP contribution in [0.2, 0.25) is 0 Å². The molecule has 6 nitrogen and oxygen atoms in total. The molecule has 2 heterocycles. The van der Waals surface area contributed by atoms with Gasteiger partial charge < -0.3 is 9.15 Å². The summed E-state index contributed by atoms with van der Waals surface area (Å²) in [7, 11) is 1.28. The van der Waals surface area contributed by atoms with Crippen LogP contribution in [-0.2, 0) is 4.74 Å². The van der Waals surface area contributed by atoms with E-state index < -0.39 is 29.2 Å². The lowest BCUT2D eigenvalue weighted by molar-refractivity contribution is 0.0600. The molecule has 0 saturated carbocycles. The summed E-state index contributed by atoms with van der Waals surface area (Å²) >= 11 is 3.42. The monoisotopic (exact) mass is 507 g/mol. The van der Waals surface area contributed by atoms with Crippen LogP contribution in [-0.4, -0.2) is 19.0 Å². The molecule has 1 aliphatic rings. The van der Waals surface area contributed by atoms with E-state index in [0.717, 1.165) is 10.5 Å². The summed E-state index contributed by atoms with van der Waals surface area (Å²) in [6.45, 7) is 0. The summed E-state index contributed by atoms with van der Waals surface area (Å²) in [5.74, 6) is -1.68. The SMILES string of the molecule is COC(=O)c1ccc(C2c3c(oc4ccc(F)cc4c3=O)C(=O)N2c2cccc(Br)c2)cc1. The molecule has 1 amide bonds. The number of rotatable bonds is 3. The Kier molecular flexibility index (Phi) is 5.09. The van der Waals surface area contributed by atoms with Crippen LogP contribution < -0.4 is 10.3 Å². The van der Waals surface area contributed by atoms with E-state index in [0.29, 0.717) is 16.8 Å². The van der Waals surface area contributed by atoms with Crippen molar-refractivity contribution >= 4 is 44.5 Å². The fourth-order valence-corrected chi connectivity index (χ4v) is 4.46. The van der Waals surface area contributed by atoms with Crippen LogP contribution in [0.4, 0.5) is 10.1 Å². The molecule has 1 aliphatic heterocycles. The average Bonchev–Trinajstić information content (AvgIpc) is 3.11. The predicted molar refractivity (Wildman–Crippen MR) is 123 cm³/mol. The summed E-state index contributed by atoms with van der Waals surface area (Å²) in [4.78, 5) is 40.3. The Labute approximate surface area is 195 Å². The van der Waals surface area contributed by atoms with Gasteiger partial charge in [-0.3, -0.25) is 14.5 Å². The van der Waals surface area contributed by atoms with E-state index >= 15 is 0 Å². The van der Waals surface area contributed by atoms with Crippen LogP contribution in [0.15, 0.2) is 80.4 Å². The van der Waals surface area contributed by atoms with E-state index in [9.17, 15) is 18.8 Å². The molecule has 1 aromatic heterocycles. The van der Waals surface area contributed by atoms with Gasteiger partial charge in [-0.15, -0.1) is 0 Å². The maximum Gasteiger partial charge on any atom is 0.337 e. The Morgan fingerprint density at radius 3 is 2.52 bits per heavy atom. The Morgan fingerprint density at radius 1 is 1.06 bits per heavy atom. The first kappa shape index (κ1) is 21.1. The van der Waals surface area contributed by atoms with E-state index in [1.165, 1.54) is 24.1 Å². The Balaban J connectivity index is 1.77. The van der Waals surface area contributed by atoms with Gasteiger partial charge in [0.2, 0.25) is 5.76 Å². The number of methoxy groups -OCH3 is 1. The molecule has 5 rings (SSSR count). The summed E-state index contributed by atoms with van der Waals surface area (Å²) < 4.78 is 25.2. The highest BCUT2D eigenvalue weighted by Gasteiger charge is 2.43. The molecule has 33 heavy (non-hydrogen) atoms. The maximum absolute atomic E-state index is 13.9. The van der Waals surface area contributed by atoms with Crippen LogP contribution in [0.1, 0.15) is 38.1 Å². The quantitative estimate of drug-likeness (QED) is 0.355. The maximum atomic E-state index is 13.9. The fraction of sp³-hybridized carbons (Fsp3) is 0.0800. The number of halogens is 2. The molecule has 1 unspecified atom stereocenters. The Bertz CT molecular complexity index is 1500. The van der Waals surface area contributed by atoms with Crippen molar-refractivity contribution in [2.75, 3.05) is 12.0 Å². The lowest BCUT2D eigenvalue weighted by atomic mass is 9.97. The molecular weight excluding hydrogens is 493 g/mol. The zero-order chi connectivity index (χ0) is 23.3. The van der Waals surface area contributed by atoms with Gasteiger partial charge in [0.25, 0.3) is 5.91 Å². The first-order chi connectivity index (χ1) is 15.9. The second-order valence-corrected chi connectivity index (χ2v) is 8.40. The van der Waals surface area contributed by atoms with E-state index in [1.54, 1.807) is 42.5 Å². The zero-order valence-corrected chi connectivity index (χ0v) is 18.8.